The third-order valence-corrected chi connectivity index (χ3v) is 3.60. The van der Waals surface area contributed by atoms with Crippen molar-refractivity contribution in [1.29, 1.82) is 0 Å². The Morgan fingerprint density at radius 2 is 1.94 bits per heavy atom. The van der Waals surface area contributed by atoms with Gasteiger partial charge < -0.3 is 0 Å². The molecule has 0 atom stereocenters. The van der Waals surface area contributed by atoms with Gasteiger partial charge in [0.05, 0.1) is 5.69 Å². The molecular formula is C15H13BrClN. The topological polar surface area (TPSA) is 12.4 Å². The average Bonchev–Trinajstić information content (AvgIpc) is 2.32. The number of aliphatic imine (C=N–C) groups is 1. The van der Waals surface area contributed by atoms with Crippen molar-refractivity contribution in [2.45, 2.75) is 13.8 Å². The Morgan fingerprint density at radius 1 is 1.17 bits per heavy atom. The van der Waals surface area contributed by atoms with E-state index in [2.05, 4.69) is 27.0 Å². The number of benzene rings is 2. The van der Waals surface area contributed by atoms with E-state index in [4.69, 9.17) is 11.6 Å². The predicted molar refractivity (Wildman–Crippen MR) is 82.2 cm³/mol. The van der Waals surface area contributed by atoms with Crippen LogP contribution >= 0.6 is 27.5 Å². The van der Waals surface area contributed by atoms with Crippen LogP contribution in [0.1, 0.15) is 18.1 Å². The summed E-state index contributed by atoms with van der Waals surface area (Å²) in [6.07, 6.45) is 0. The van der Waals surface area contributed by atoms with Crippen LogP contribution in [0.3, 0.4) is 0 Å². The van der Waals surface area contributed by atoms with E-state index < -0.39 is 0 Å². The summed E-state index contributed by atoms with van der Waals surface area (Å²) < 4.78 is 1.03. The SMILES string of the molecule is C/C(=N\c1cccc(Br)c1)c1ccc(Cl)c(C)c1. The molecule has 0 unspecified atom stereocenters. The summed E-state index contributed by atoms with van der Waals surface area (Å²) in [5.41, 5.74) is 4.08. The van der Waals surface area contributed by atoms with Gasteiger partial charge in [-0.05, 0) is 55.3 Å². The van der Waals surface area contributed by atoms with Gasteiger partial charge in [0.2, 0.25) is 0 Å². The van der Waals surface area contributed by atoms with Crippen molar-refractivity contribution >= 4 is 38.9 Å². The molecule has 92 valence electrons. The van der Waals surface area contributed by atoms with E-state index in [1.807, 2.05) is 50.2 Å². The summed E-state index contributed by atoms with van der Waals surface area (Å²) in [6.45, 7) is 4.00. The van der Waals surface area contributed by atoms with Crippen LogP contribution in [0.5, 0.6) is 0 Å². The van der Waals surface area contributed by atoms with Crippen LogP contribution in [0.4, 0.5) is 5.69 Å². The van der Waals surface area contributed by atoms with Crippen molar-refractivity contribution in [1.82, 2.24) is 0 Å². The van der Waals surface area contributed by atoms with Gasteiger partial charge in [0.1, 0.15) is 0 Å². The molecule has 0 spiro atoms. The molecule has 2 aromatic carbocycles. The zero-order valence-electron chi connectivity index (χ0n) is 10.2. The second kappa shape index (κ2) is 5.68. The molecule has 3 heteroatoms. The maximum Gasteiger partial charge on any atom is 0.0644 e. The first-order valence-electron chi connectivity index (χ1n) is 5.63. The van der Waals surface area contributed by atoms with Crippen molar-refractivity contribution in [3.8, 4) is 0 Å². The Morgan fingerprint density at radius 3 is 2.61 bits per heavy atom. The highest BCUT2D eigenvalue weighted by Crippen LogP contribution is 2.21. The summed E-state index contributed by atoms with van der Waals surface area (Å²) in [6, 6.07) is 13.9. The van der Waals surface area contributed by atoms with Crippen molar-refractivity contribution in [2.24, 2.45) is 4.99 Å². The molecule has 1 nitrogen and oxygen atoms in total. The van der Waals surface area contributed by atoms with Crippen molar-refractivity contribution < 1.29 is 0 Å². The molecule has 0 heterocycles. The fraction of sp³-hybridized carbons (Fsp3) is 0.133. The van der Waals surface area contributed by atoms with Crippen molar-refractivity contribution in [3.63, 3.8) is 0 Å². The van der Waals surface area contributed by atoms with Gasteiger partial charge >= 0.3 is 0 Å². The van der Waals surface area contributed by atoms with Crippen molar-refractivity contribution in [2.75, 3.05) is 0 Å². The molecule has 0 aliphatic heterocycles. The first-order chi connectivity index (χ1) is 8.56. The van der Waals surface area contributed by atoms with Gasteiger partial charge in [-0.15, -0.1) is 0 Å². The van der Waals surface area contributed by atoms with Crippen LogP contribution in [0.15, 0.2) is 51.9 Å². The third kappa shape index (κ3) is 3.21. The Balaban J connectivity index is 2.35. The summed E-state index contributed by atoms with van der Waals surface area (Å²) >= 11 is 9.46. The maximum atomic E-state index is 6.02. The molecule has 0 bridgehead atoms. The molecular weight excluding hydrogens is 310 g/mol. The monoisotopic (exact) mass is 321 g/mol. The van der Waals surface area contributed by atoms with Crippen LogP contribution < -0.4 is 0 Å². The van der Waals surface area contributed by atoms with E-state index in [9.17, 15) is 0 Å². The largest absolute Gasteiger partial charge is 0.253 e. The summed E-state index contributed by atoms with van der Waals surface area (Å²) in [7, 11) is 0. The lowest BCUT2D eigenvalue weighted by atomic mass is 10.1. The van der Waals surface area contributed by atoms with Crippen molar-refractivity contribution in [3.05, 3.63) is 63.1 Å². The van der Waals surface area contributed by atoms with Crippen LogP contribution in [0.2, 0.25) is 5.02 Å². The van der Waals surface area contributed by atoms with E-state index in [0.29, 0.717) is 0 Å². The minimum absolute atomic E-state index is 0.786. The second-order valence-electron chi connectivity index (χ2n) is 4.14. The first kappa shape index (κ1) is 13.3. The Labute approximate surface area is 121 Å². The predicted octanol–water partition coefficient (Wildman–Crippen LogP) is 5.55. The summed E-state index contributed by atoms with van der Waals surface area (Å²) in [5.74, 6) is 0. The summed E-state index contributed by atoms with van der Waals surface area (Å²) in [5, 5.41) is 0.786. The van der Waals surface area contributed by atoms with E-state index in [0.717, 1.165) is 32.0 Å². The number of hydrogen-bond acceptors (Lipinski definition) is 1. The lowest BCUT2D eigenvalue weighted by molar-refractivity contribution is 1.42. The van der Waals surface area contributed by atoms with Crippen LogP contribution in [-0.2, 0) is 0 Å². The lowest BCUT2D eigenvalue weighted by Gasteiger charge is -2.04. The van der Waals surface area contributed by atoms with Gasteiger partial charge in [-0.1, -0.05) is 39.7 Å². The minimum Gasteiger partial charge on any atom is -0.253 e. The van der Waals surface area contributed by atoms with Gasteiger partial charge in [-0.25, -0.2) is 0 Å². The smallest absolute Gasteiger partial charge is 0.0644 e. The van der Waals surface area contributed by atoms with E-state index >= 15 is 0 Å². The fourth-order valence-corrected chi connectivity index (χ4v) is 2.18. The first-order valence-corrected chi connectivity index (χ1v) is 6.81. The van der Waals surface area contributed by atoms with Gasteiger partial charge in [0, 0.05) is 15.2 Å². The van der Waals surface area contributed by atoms with Gasteiger partial charge in [0.25, 0.3) is 0 Å². The van der Waals surface area contributed by atoms with Gasteiger partial charge in [-0.2, -0.15) is 0 Å². The van der Waals surface area contributed by atoms with Crippen LogP contribution in [0, 0.1) is 6.92 Å². The quantitative estimate of drug-likeness (QED) is 0.643. The normalized spacial score (nSPS) is 11.7. The second-order valence-corrected chi connectivity index (χ2v) is 5.46. The van der Waals surface area contributed by atoms with E-state index in [1.165, 1.54) is 0 Å². The Bertz CT molecular complexity index is 605. The molecule has 18 heavy (non-hydrogen) atoms. The number of rotatable bonds is 2. The molecule has 0 aliphatic carbocycles. The highest BCUT2D eigenvalue weighted by molar-refractivity contribution is 9.10. The molecule has 0 aliphatic rings. The number of hydrogen-bond donors (Lipinski definition) is 0. The number of nitrogens with zero attached hydrogens (tertiary/aromatic N) is 1. The van der Waals surface area contributed by atoms with E-state index in [-0.39, 0.29) is 0 Å². The molecule has 0 saturated carbocycles. The molecule has 2 rings (SSSR count). The highest BCUT2D eigenvalue weighted by atomic mass is 79.9. The minimum atomic E-state index is 0.786. The number of halogens is 2. The zero-order chi connectivity index (χ0) is 13.1. The molecule has 0 radical (unpaired) electrons. The molecule has 0 fully saturated rings. The molecule has 0 aromatic heterocycles. The fourth-order valence-electron chi connectivity index (χ4n) is 1.67. The molecule has 0 saturated heterocycles. The summed E-state index contributed by atoms with van der Waals surface area (Å²) in [4.78, 5) is 4.60. The molecule has 0 N–H and O–H groups in total. The standard InChI is InChI=1S/C15H13BrClN/c1-10-8-12(6-7-15(10)17)11(2)18-14-5-3-4-13(16)9-14/h3-9H,1-2H3/b18-11+. The van der Waals surface area contributed by atoms with Crippen LogP contribution in [-0.4, -0.2) is 5.71 Å². The van der Waals surface area contributed by atoms with E-state index in [1.54, 1.807) is 0 Å². The Hall–Kier alpha value is -1.12. The van der Waals surface area contributed by atoms with Gasteiger partial charge in [-0.3, -0.25) is 4.99 Å². The average molecular weight is 323 g/mol. The highest BCUT2D eigenvalue weighted by Gasteiger charge is 2.01. The zero-order valence-corrected chi connectivity index (χ0v) is 12.6. The maximum absolute atomic E-state index is 6.02. The lowest BCUT2D eigenvalue weighted by Crippen LogP contribution is -1.94. The third-order valence-electron chi connectivity index (χ3n) is 2.68. The van der Waals surface area contributed by atoms with Crippen LogP contribution in [0.25, 0.3) is 0 Å². The molecule has 2 aromatic rings. The van der Waals surface area contributed by atoms with Gasteiger partial charge in [0.15, 0.2) is 0 Å². The Kier molecular flexibility index (Phi) is 4.20. The molecule has 0 amide bonds. The number of aryl methyl sites for hydroxylation is 1.